The number of nitrogens with zero attached hydrogens (tertiary/aromatic N) is 1. The first-order valence-corrected chi connectivity index (χ1v) is 10.5. The number of benzene rings is 2. The van der Waals surface area contributed by atoms with Crippen molar-refractivity contribution in [3.8, 4) is 5.75 Å². The average Bonchev–Trinajstić information content (AvgIpc) is 2.74. The Balaban J connectivity index is 2.17. The second-order valence-corrected chi connectivity index (χ2v) is 7.33. The van der Waals surface area contributed by atoms with E-state index >= 15 is 0 Å². The summed E-state index contributed by atoms with van der Waals surface area (Å²) in [4.78, 5) is 27.3. The Labute approximate surface area is 182 Å². The van der Waals surface area contributed by atoms with Crippen LogP contribution in [-0.2, 0) is 16.1 Å². The highest BCUT2D eigenvalue weighted by Crippen LogP contribution is 2.20. The summed E-state index contributed by atoms with van der Waals surface area (Å²) in [6, 6.07) is 12.0. The number of unbranched alkanes of at least 4 members (excludes halogenated alkanes) is 1. The van der Waals surface area contributed by atoms with Gasteiger partial charge in [0.2, 0.25) is 5.91 Å². The summed E-state index contributed by atoms with van der Waals surface area (Å²) in [6.45, 7) is 4.38. The molecule has 0 fully saturated rings. The fourth-order valence-corrected chi connectivity index (χ4v) is 3.19. The second kappa shape index (κ2) is 12.2. The normalized spacial score (nSPS) is 11.6. The van der Waals surface area contributed by atoms with E-state index in [2.05, 4.69) is 5.32 Å². The van der Waals surface area contributed by atoms with Crippen LogP contribution in [0, 0.1) is 5.82 Å². The van der Waals surface area contributed by atoms with Crippen LogP contribution in [0.5, 0.6) is 5.75 Å². The van der Waals surface area contributed by atoms with Crippen LogP contribution in [0.2, 0.25) is 5.02 Å². The molecule has 2 rings (SSSR count). The van der Waals surface area contributed by atoms with E-state index in [0.717, 1.165) is 18.4 Å². The van der Waals surface area contributed by atoms with Crippen molar-refractivity contribution in [2.45, 2.75) is 45.7 Å². The molecule has 0 saturated carbocycles. The van der Waals surface area contributed by atoms with Gasteiger partial charge in [0.15, 0.2) is 6.61 Å². The number of hydrogen-bond acceptors (Lipinski definition) is 3. The van der Waals surface area contributed by atoms with E-state index in [1.165, 1.54) is 29.2 Å². The maximum absolute atomic E-state index is 13.1. The van der Waals surface area contributed by atoms with Crippen LogP contribution in [0.3, 0.4) is 0 Å². The SMILES string of the molecule is CCCCNC(=O)[C@@H](CC)N(Cc1ccccc1Cl)C(=O)COc1ccc(F)cc1. The number of ether oxygens (including phenoxy) is 1. The van der Waals surface area contributed by atoms with Gasteiger partial charge in [0.1, 0.15) is 17.6 Å². The molecule has 0 heterocycles. The van der Waals surface area contributed by atoms with E-state index in [9.17, 15) is 14.0 Å². The highest BCUT2D eigenvalue weighted by atomic mass is 35.5. The maximum Gasteiger partial charge on any atom is 0.261 e. The van der Waals surface area contributed by atoms with E-state index in [0.29, 0.717) is 23.7 Å². The van der Waals surface area contributed by atoms with Crippen molar-refractivity contribution >= 4 is 23.4 Å². The Morgan fingerprint density at radius 1 is 1.13 bits per heavy atom. The van der Waals surface area contributed by atoms with Crippen LogP contribution < -0.4 is 10.1 Å². The third kappa shape index (κ3) is 7.02. The van der Waals surface area contributed by atoms with Crippen LogP contribution >= 0.6 is 11.6 Å². The van der Waals surface area contributed by atoms with E-state index in [1.54, 1.807) is 6.07 Å². The summed E-state index contributed by atoms with van der Waals surface area (Å²) >= 11 is 6.29. The van der Waals surface area contributed by atoms with Gasteiger partial charge in [-0.25, -0.2) is 4.39 Å². The van der Waals surface area contributed by atoms with E-state index in [-0.39, 0.29) is 30.8 Å². The van der Waals surface area contributed by atoms with E-state index in [1.807, 2.05) is 32.0 Å². The molecule has 0 aliphatic carbocycles. The number of carbonyl (C=O) groups excluding carboxylic acids is 2. The molecular formula is C23H28ClFN2O3. The van der Waals surface area contributed by atoms with Gasteiger partial charge in [0.25, 0.3) is 5.91 Å². The molecule has 0 saturated heterocycles. The second-order valence-electron chi connectivity index (χ2n) is 6.92. The van der Waals surface area contributed by atoms with Gasteiger partial charge in [0, 0.05) is 18.1 Å². The quantitative estimate of drug-likeness (QED) is 0.526. The molecule has 162 valence electrons. The van der Waals surface area contributed by atoms with Gasteiger partial charge < -0.3 is 15.0 Å². The Bertz CT molecular complexity index is 829. The lowest BCUT2D eigenvalue weighted by atomic mass is 10.1. The summed E-state index contributed by atoms with van der Waals surface area (Å²) in [5.74, 6) is -0.559. The molecule has 0 aromatic heterocycles. The fourth-order valence-electron chi connectivity index (χ4n) is 2.99. The Kier molecular flexibility index (Phi) is 9.61. The molecule has 0 aliphatic heterocycles. The highest BCUT2D eigenvalue weighted by Gasteiger charge is 2.29. The molecule has 1 N–H and O–H groups in total. The van der Waals surface area contributed by atoms with Crippen molar-refractivity contribution in [3.05, 3.63) is 64.9 Å². The molecular weight excluding hydrogens is 407 g/mol. The Morgan fingerprint density at radius 3 is 2.47 bits per heavy atom. The number of halogens is 2. The summed E-state index contributed by atoms with van der Waals surface area (Å²) in [7, 11) is 0. The number of carbonyl (C=O) groups is 2. The van der Waals surface area contributed by atoms with Crippen LogP contribution in [-0.4, -0.2) is 35.9 Å². The van der Waals surface area contributed by atoms with Crippen molar-refractivity contribution in [1.82, 2.24) is 10.2 Å². The fraction of sp³-hybridized carbons (Fsp3) is 0.391. The van der Waals surface area contributed by atoms with Gasteiger partial charge in [-0.15, -0.1) is 0 Å². The van der Waals surface area contributed by atoms with Crippen LogP contribution in [0.15, 0.2) is 48.5 Å². The van der Waals surface area contributed by atoms with Gasteiger partial charge in [-0.3, -0.25) is 9.59 Å². The van der Waals surface area contributed by atoms with Gasteiger partial charge in [-0.1, -0.05) is 50.1 Å². The molecule has 2 aromatic rings. The molecule has 30 heavy (non-hydrogen) atoms. The first-order valence-electron chi connectivity index (χ1n) is 10.1. The first kappa shape index (κ1) is 23.7. The number of rotatable bonds is 11. The summed E-state index contributed by atoms with van der Waals surface area (Å²) in [6.07, 6.45) is 2.28. The summed E-state index contributed by atoms with van der Waals surface area (Å²) < 4.78 is 18.6. The molecule has 2 amide bonds. The lowest BCUT2D eigenvalue weighted by molar-refractivity contribution is -0.143. The van der Waals surface area contributed by atoms with E-state index < -0.39 is 6.04 Å². The third-order valence-corrected chi connectivity index (χ3v) is 5.06. The minimum atomic E-state index is -0.651. The lowest BCUT2D eigenvalue weighted by Crippen LogP contribution is -2.50. The zero-order chi connectivity index (χ0) is 21.9. The molecule has 5 nitrogen and oxygen atoms in total. The highest BCUT2D eigenvalue weighted by molar-refractivity contribution is 6.31. The summed E-state index contributed by atoms with van der Waals surface area (Å²) in [5.41, 5.74) is 0.745. The molecule has 0 unspecified atom stereocenters. The minimum absolute atomic E-state index is 0.186. The van der Waals surface area contributed by atoms with Crippen molar-refractivity contribution in [2.75, 3.05) is 13.2 Å². The molecule has 0 bridgehead atoms. The Morgan fingerprint density at radius 2 is 1.83 bits per heavy atom. The van der Waals surface area contributed by atoms with Crippen molar-refractivity contribution in [1.29, 1.82) is 0 Å². The van der Waals surface area contributed by atoms with Crippen LogP contribution in [0.25, 0.3) is 0 Å². The smallest absolute Gasteiger partial charge is 0.261 e. The number of amides is 2. The van der Waals surface area contributed by atoms with Crippen LogP contribution in [0.4, 0.5) is 4.39 Å². The maximum atomic E-state index is 13.1. The number of hydrogen-bond donors (Lipinski definition) is 1. The van der Waals surface area contributed by atoms with Gasteiger partial charge >= 0.3 is 0 Å². The minimum Gasteiger partial charge on any atom is -0.484 e. The molecule has 7 heteroatoms. The molecule has 2 aromatic carbocycles. The Hall–Kier alpha value is -2.60. The van der Waals surface area contributed by atoms with Gasteiger partial charge in [-0.05, 0) is 48.7 Å². The topological polar surface area (TPSA) is 58.6 Å². The average molecular weight is 435 g/mol. The molecule has 0 spiro atoms. The zero-order valence-corrected chi connectivity index (χ0v) is 18.1. The lowest BCUT2D eigenvalue weighted by Gasteiger charge is -2.30. The standard InChI is InChI=1S/C23H28ClFN2O3/c1-3-5-14-26-23(29)21(4-2)27(15-17-8-6-7-9-20(17)24)22(28)16-30-19-12-10-18(25)11-13-19/h6-13,21H,3-5,14-16H2,1-2H3,(H,26,29)/t21-/m1/s1. The first-order chi connectivity index (χ1) is 14.5. The number of nitrogens with one attached hydrogen (secondary N) is 1. The van der Waals surface area contributed by atoms with E-state index in [4.69, 9.17) is 16.3 Å². The zero-order valence-electron chi connectivity index (χ0n) is 17.4. The predicted octanol–water partition coefficient (Wildman–Crippen LogP) is 4.58. The molecule has 0 aliphatic rings. The van der Waals surface area contributed by atoms with Crippen molar-refractivity contribution < 1.29 is 18.7 Å². The molecule has 0 radical (unpaired) electrons. The van der Waals surface area contributed by atoms with Gasteiger partial charge in [-0.2, -0.15) is 0 Å². The predicted molar refractivity (Wildman–Crippen MR) is 116 cm³/mol. The monoisotopic (exact) mass is 434 g/mol. The van der Waals surface area contributed by atoms with Crippen LogP contribution in [0.1, 0.15) is 38.7 Å². The van der Waals surface area contributed by atoms with Gasteiger partial charge in [0.05, 0.1) is 0 Å². The van der Waals surface area contributed by atoms with Crippen molar-refractivity contribution in [2.24, 2.45) is 0 Å². The third-order valence-electron chi connectivity index (χ3n) is 4.69. The molecule has 1 atom stereocenters. The summed E-state index contributed by atoms with van der Waals surface area (Å²) in [5, 5.41) is 3.43. The van der Waals surface area contributed by atoms with Crippen molar-refractivity contribution in [3.63, 3.8) is 0 Å². The largest absolute Gasteiger partial charge is 0.484 e.